The van der Waals surface area contributed by atoms with Gasteiger partial charge in [0.05, 0.1) is 0 Å². The Bertz CT molecular complexity index is 453. The van der Waals surface area contributed by atoms with Gasteiger partial charge in [0.25, 0.3) is 0 Å². The fraction of sp³-hybridized carbons (Fsp3) is 0.533. The highest BCUT2D eigenvalue weighted by molar-refractivity contribution is 7.98. The minimum absolute atomic E-state index is 0.0369. The van der Waals surface area contributed by atoms with E-state index in [1.54, 1.807) is 11.8 Å². The molecule has 0 aliphatic carbocycles. The van der Waals surface area contributed by atoms with Gasteiger partial charge in [0, 0.05) is 24.5 Å². The van der Waals surface area contributed by atoms with Crippen LogP contribution in [0.3, 0.4) is 0 Å². The molecule has 1 heterocycles. The van der Waals surface area contributed by atoms with Crippen molar-refractivity contribution < 1.29 is 4.79 Å². The molecule has 20 heavy (non-hydrogen) atoms. The van der Waals surface area contributed by atoms with Crippen molar-refractivity contribution in [2.75, 3.05) is 36.7 Å². The normalized spacial score (nSPS) is 18.3. The number of carbonyl (C=O) groups excluding carboxylic acids is 1. The Hall–Kier alpha value is -0.810. The molecule has 1 aromatic carbocycles. The average Bonchev–Trinajstić information content (AvgIpc) is 2.89. The number of anilines is 1. The molecule has 0 radical (unpaired) electrons. The number of urea groups is 1. The molecule has 1 aliphatic rings. The predicted molar refractivity (Wildman–Crippen MR) is 90.7 cm³/mol. The molecule has 0 spiro atoms. The maximum absolute atomic E-state index is 12.2. The van der Waals surface area contributed by atoms with Gasteiger partial charge in [0.1, 0.15) is 0 Å². The third-order valence-corrected chi connectivity index (χ3v) is 4.89. The molecule has 1 aromatic rings. The summed E-state index contributed by atoms with van der Waals surface area (Å²) in [6, 6.07) is 8.15. The van der Waals surface area contributed by atoms with Gasteiger partial charge < -0.3 is 10.2 Å². The molecule has 110 valence electrons. The number of likely N-dealkylation sites (tertiary alicyclic amines) is 1. The standard InChI is InChI=1S/C15H22N2OS2/c1-19-10-12-4-3-5-14(8-12)16-15(18)17-7-6-13(9-17)11-20-2/h3-5,8,13H,6-7,9-11H2,1-2H3,(H,16,18)/t13-/m0/s1. The molecule has 0 unspecified atom stereocenters. The van der Waals surface area contributed by atoms with Crippen molar-refractivity contribution in [3.63, 3.8) is 0 Å². The number of rotatable bonds is 5. The maximum Gasteiger partial charge on any atom is 0.321 e. The number of carbonyl (C=O) groups is 1. The van der Waals surface area contributed by atoms with Crippen molar-refractivity contribution in [1.29, 1.82) is 0 Å². The van der Waals surface area contributed by atoms with Crippen molar-refractivity contribution in [1.82, 2.24) is 4.90 Å². The second-order valence-electron chi connectivity index (χ2n) is 5.12. The predicted octanol–water partition coefficient (Wildman–Crippen LogP) is 3.77. The monoisotopic (exact) mass is 310 g/mol. The third-order valence-electron chi connectivity index (χ3n) is 3.46. The van der Waals surface area contributed by atoms with Crippen molar-refractivity contribution in [2.45, 2.75) is 12.2 Å². The molecular formula is C15H22N2OS2. The van der Waals surface area contributed by atoms with Gasteiger partial charge in [-0.2, -0.15) is 23.5 Å². The summed E-state index contributed by atoms with van der Waals surface area (Å²) >= 11 is 3.65. The quantitative estimate of drug-likeness (QED) is 0.898. The highest BCUT2D eigenvalue weighted by Crippen LogP contribution is 2.21. The number of hydrogen-bond donors (Lipinski definition) is 1. The second kappa shape index (κ2) is 7.84. The van der Waals surface area contributed by atoms with Gasteiger partial charge in [-0.3, -0.25) is 0 Å². The molecule has 1 aliphatic heterocycles. The fourth-order valence-electron chi connectivity index (χ4n) is 2.50. The minimum atomic E-state index is 0.0369. The summed E-state index contributed by atoms with van der Waals surface area (Å²) in [5.41, 5.74) is 2.15. The molecule has 2 rings (SSSR count). The van der Waals surface area contributed by atoms with E-state index in [9.17, 15) is 4.79 Å². The lowest BCUT2D eigenvalue weighted by Gasteiger charge is -2.17. The average molecular weight is 310 g/mol. The summed E-state index contributed by atoms with van der Waals surface area (Å²) in [5, 5.41) is 3.02. The third kappa shape index (κ3) is 4.35. The van der Waals surface area contributed by atoms with Gasteiger partial charge in [-0.25, -0.2) is 4.79 Å². The van der Waals surface area contributed by atoms with Crippen LogP contribution >= 0.6 is 23.5 Å². The van der Waals surface area contributed by atoms with E-state index in [-0.39, 0.29) is 6.03 Å². The van der Waals surface area contributed by atoms with Crippen molar-refractivity contribution >= 4 is 35.2 Å². The maximum atomic E-state index is 12.2. The second-order valence-corrected chi connectivity index (χ2v) is 6.90. The van der Waals surface area contributed by atoms with Crippen LogP contribution in [0, 0.1) is 5.92 Å². The molecule has 5 heteroatoms. The lowest BCUT2D eigenvalue weighted by molar-refractivity contribution is 0.221. The highest BCUT2D eigenvalue weighted by Gasteiger charge is 2.25. The van der Waals surface area contributed by atoms with E-state index in [1.807, 2.05) is 28.8 Å². The molecule has 3 nitrogen and oxygen atoms in total. The van der Waals surface area contributed by atoms with E-state index in [0.29, 0.717) is 5.92 Å². The van der Waals surface area contributed by atoms with Crippen molar-refractivity contribution in [3.8, 4) is 0 Å². The molecule has 0 bridgehead atoms. The lowest BCUT2D eigenvalue weighted by atomic mass is 10.2. The molecule has 1 atom stereocenters. The first-order valence-electron chi connectivity index (χ1n) is 6.85. The Morgan fingerprint density at radius 3 is 3.00 bits per heavy atom. The first-order valence-corrected chi connectivity index (χ1v) is 9.64. The summed E-state index contributed by atoms with van der Waals surface area (Å²) in [4.78, 5) is 14.2. The minimum Gasteiger partial charge on any atom is -0.324 e. The largest absolute Gasteiger partial charge is 0.324 e. The molecule has 1 fully saturated rings. The number of benzene rings is 1. The smallest absolute Gasteiger partial charge is 0.321 e. The first-order chi connectivity index (χ1) is 9.72. The van der Waals surface area contributed by atoms with E-state index in [2.05, 4.69) is 30.0 Å². The summed E-state index contributed by atoms with van der Waals surface area (Å²) in [5.74, 6) is 2.77. The van der Waals surface area contributed by atoms with Crippen LogP contribution in [-0.4, -0.2) is 42.3 Å². The summed E-state index contributed by atoms with van der Waals surface area (Å²) in [7, 11) is 0. The van der Waals surface area contributed by atoms with Crippen molar-refractivity contribution in [3.05, 3.63) is 29.8 Å². The first kappa shape index (κ1) is 15.6. The Kier molecular flexibility index (Phi) is 6.10. The lowest BCUT2D eigenvalue weighted by Crippen LogP contribution is -2.33. The van der Waals surface area contributed by atoms with E-state index in [1.165, 1.54) is 5.56 Å². The topological polar surface area (TPSA) is 32.3 Å². The number of amides is 2. The van der Waals surface area contributed by atoms with Crippen LogP contribution in [0.5, 0.6) is 0 Å². The zero-order valence-corrected chi connectivity index (χ0v) is 13.7. The Balaban J connectivity index is 1.90. The van der Waals surface area contributed by atoms with Crippen LogP contribution in [0.25, 0.3) is 0 Å². The molecule has 0 saturated carbocycles. The zero-order valence-electron chi connectivity index (χ0n) is 12.1. The Morgan fingerprint density at radius 1 is 1.40 bits per heavy atom. The summed E-state index contributed by atoms with van der Waals surface area (Å²) in [6.07, 6.45) is 5.34. The summed E-state index contributed by atoms with van der Waals surface area (Å²) in [6.45, 7) is 1.76. The Labute approximate surface area is 129 Å². The van der Waals surface area contributed by atoms with E-state index in [0.717, 1.165) is 36.7 Å². The van der Waals surface area contributed by atoms with E-state index < -0.39 is 0 Å². The van der Waals surface area contributed by atoms with Gasteiger partial charge in [0.15, 0.2) is 0 Å². The van der Waals surface area contributed by atoms with E-state index in [4.69, 9.17) is 0 Å². The molecule has 1 N–H and O–H groups in total. The highest BCUT2D eigenvalue weighted by atomic mass is 32.2. The van der Waals surface area contributed by atoms with Gasteiger partial charge in [-0.15, -0.1) is 0 Å². The van der Waals surface area contributed by atoms with Gasteiger partial charge >= 0.3 is 6.03 Å². The van der Waals surface area contributed by atoms with Gasteiger partial charge in [0.2, 0.25) is 0 Å². The number of thioether (sulfide) groups is 2. The van der Waals surface area contributed by atoms with Crippen LogP contribution in [-0.2, 0) is 5.75 Å². The zero-order chi connectivity index (χ0) is 14.4. The fourth-order valence-corrected chi connectivity index (χ4v) is 3.75. The van der Waals surface area contributed by atoms with Crippen LogP contribution in [0.15, 0.2) is 24.3 Å². The number of hydrogen-bond acceptors (Lipinski definition) is 3. The van der Waals surface area contributed by atoms with E-state index >= 15 is 0 Å². The van der Waals surface area contributed by atoms with Gasteiger partial charge in [-0.05, 0) is 48.3 Å². The molecule has 0 aromatic heterocycles. The van der Waals surface area contributed by atoms with Crippen LogP contribution in [0.2, 0.25) is 0 Å². The SMILES string of the molecule is CSCc1cccc(NC(=O)N2CC[C@H](CSC)C2)c1. The molecular weight excluding hydrogens is 288 g/mol. The van der Waals surface area contributed by atoms with Gasteiger partial charge in [-0.1, -0.05) is 12.1 Å². The Morgan fingerprint density at radius 2 is 2.25 bits per heavy atom. The van der Waals surface area contributed by atoms with Crippen molar-refractivity contribution in [2.24, 2.45) is 5.92 Å². The summed E-state index contributed by atoms with van der Waals surface area (Å²) < 4.78 is 0. The molecule has 2 amide bonds. The van der Waals surface area contributed by atoms with Crippen LogP contribution < -0.4 is 5.32 Å². The van der Waals surface area contributed by atoms with Crippen LogP contribution in [0.1, 0.15) is 12.0 Å². The number of nitrogens with zero attached hydrogens (tertiary/aromatic N) is 1. The van der Waals surface area contributed by atoms with Crippen LogP contribution in [0.4, 0.5) is 10.5 Å². The molecule has 1 saturated heterocycles. The number of nitrogens with one attached hydrogen (secondary N) is 1.